The normalized spacial score (nSPS) is 10.6. The Hall–Kier alpha value is -2.20. The standard InChI is InChI=1S/C17H10BrFO2/c18-14-9-10-16(12-6-2-1-5-11(12)14)21-17(20)13-7-3-4-8-15(13)19/h1-10H. The number of benzene rings is 3. The highest BCUT2D eigenvalue weighted by Crippen LogP contribution is 2.32. The van der Waals surface area contributed by atoms with Gasteiger partial charge < -0.3 is 4.74 Å². The lowest BCUT2D eigenvalue weighted by Crippen LogP contribution is -2.10. The Balaban J connectivity index is 2.01. The van der Waals surface area contributed by atoms with Crippen molar-refractivity contribution in [1.82, 2.24) is 0 Å². The van der Waals surface area contributed by atoms with Crippen LogP contribution in [0.4, 0.5) is 4.39 Å². The second kappa shape index (κ2) is 5.66. The molecule has 0 saturated heterocycles. The summed E-state index contributed by atoms with van der Waals surface area (Å²) in [7, 11) is 0. The Morgan fingerprint density at radius 3 is 2.33 bits per heavy atom. The van der Waals surface area contributed by atoms with E-state index in [-0.39, 0.29) is 5.56 Å². The summed E-state index contributed by atoms with van der Waals surface area (Å²) < 4.78 is 19.9. The van der Waals surface area contributed by atoms with E-state index in [0.717, 1.165) is 15.2 Å². The van der Waals surface area contributed by atoms with Crippen molar-refractivity contribution in [1.29, 1.82) is 0 Å². The van der Waals surface area contributed by atoms with Crippen molar-refractivity contribution in [3.8, 4) is 5.75 Å². The van der Waals surface area contributed by atoms with Crippen LogP contribution in [-0.2, 0) is 0 Å². The molecule has 4 heteroatoms. The maximum absolute atomic E-state index is 13.6. The number of fused-ring (bicyclic) bond motifs is 1. The summed E-state index contributed by atoms with van der Waals surface area (Å²) in [5, 5.41) is 1.72. The highest BCUT2D eigenvalue weighted by molar-refractivity contribution is 9.10. The second-order valence-electron chi connectivity index (χ2n) is 4.46. The monoisotopic (exact) mass is 344 g/mol. The first-order valence-electron chi connectivity index (χ1n) is 6.31. The van der Waals surface area contributed by atoms with Crippen LogP contribution < -0.4 is 4.74 Å². The zero-order valence-corrected chi connectivity index (χ0v) is 12.4. The summed E-state index contributed by atoms with van der Waals surface area (Å²) in [5.74, 6) is -0.897. The van der Waals surface area contributed by atoms with E-state index < -0.39 is 11.8 Å². The Kier molecular flexibility index (Phi) is 3.71. The molecule has 3 aromatic rings. The molecule has 2 nitrogen and oxygen atoms in total. The summed E-state index contributed by atoms with van der Waals surface area (Å²) >= 11 is 3.45. The third-order valence-electron chi connectivity index (χ3n) is 3.13. The smallest absolute Gasteiger partial charge is 0.346 e. The molecule has 0 radical (unpaired) electrons. The van der Waals surface area contributed by atoms with Gasteiger partial charge in [-0.3, -0.25) is 0 Å². The van der Waals surface area contributed by atoms with Crippen LogP contribution in [0.5, 0.6) is 5.75 Å². The van der Waals surface area contributed by atoms with Crippen LogP contribution >= 0.6 is 15.9 Å². The number of carbonyl (C=O) groups excluding carboxylic acids is 1. The molecule has 104 valence electrons. The molecular weight excluding hydrogens is 335 g/mol. The van der Waals surface area contributed by atoms with Crippen LogP contribution in [-0.4, -0.2) is 5.97 Å². The number of carbonyl (C=O) groups is 1. The molecule has 3 aromatic carbocycles. The van der Waals surface area contributed by atoms with E-state index in [0.29, 0.717) is 5.75 Å². The minimum atomic E-state index is -0.708. The highest BCUT2D eigenvalue weighted by atomic mass is 79.9. The molecule has 0 bridgehead atoms. The first-order valence-corrected chi connectivity index (χ1v) is 7.10. The third-order valence-corrected chi connectivity index (χ3v) is 3.82. The van der Waals surface area contributed by atoms with Gasteiger partial charge in [-0.1, -0.05) is 52.3 Å². The van der Waals surface area contributed by atoms with Gasteiger partial charge >= 0.3 is 5.97 Å². The van der Waals surface area contributed by atoms with Crippen LogP contribution in [0.3, 0.4) is 0 Å². The van der Waals surface area contributed by atoms with E-state index in [4.69, 9.17) is 4.74 Å². The van der Waals surface area contributed by atoms with E-state index >= 15 is 0 Å². The molecule has 3 rings (SSSR count). The maximum Gasteiger partial charge on any atom is 0.346 e. The number of halogens is 2. The topological polar surface area (TPSA) is 26.3 Å². The van der Waals surface area contributed by atoms with Crippen molar-refractivity contribution in [2.45, 2.75) is 0 Å². The summed E-state index contributed by atoms with van der Waals surface area (Å²) in [6.45, 7) is 0. The van der Waals surface area contributed by atoms with Crippen molar-refractivity contribution in [2.75, 3.05) is 0 Å². The molecule has 0 amide bonds. The van der Waals surface area contributed by atoms with Gasteiger partial charge in [0, 0.05) is 9.86 Å². The van der Waals surface area contributed by atoms with Crippen molar-refractivity contribution >= 4 is 32.7 Å². The molecule has 0 saturated carbocycles. The zero-order chi connectivity index (χ0) is 14.8. The van der Waals surface area contributed by atoms with Gasteiger partial charge in [-0.05, 0) is 29.7 Å². The predicted octanol–water partition coefficient (Wildman–Crippen LogP) is 4.96. The first-order chi connectivity index (χ1) is 10.2. The van der Waals surface area contributed by atoms with Crippen molar-refractivity contribution in [2.24, 2.45) is 0 Å². The lowest BCUT2D eigenvalue weighted by atomic mass is 10.1. The van der Waals surface area contributed by atoms with Crippen LogP contribution in [0.15, 0.2) is 65.1 Å². The van der Waals surface area contributed by atoms with Gasteiger partial charge in [0.2, 0.25) is 0 Å². The lowest BCUT2D eigenvalue weighted by Gasteiger charge is -2.09. The molecule has 0 aliphatic rings. The van der Waals surface area contributed by atoms with Crippen molar-refractivity contribution in [3.05, 3.63) is 76.5 Å². The van der Waals surface area contributed by atoms with Gasteiger partial charge in [0.15, 0.2) is 0 Å². The zero-order valence-electron chi connectivity index (χ0n) is 10.8. The lowest BCUT2D eigenvalue weighted by molar-refractivity contribution is 0.0732. The van der Waals surface area contributed by atoms with Gasteiger partial charge in [-0.25, -0.2) is 9.18 Å². The highest BCUT2D eigenvalue weighted by Gasteiger charge is 2.15. The summed E-state index contributed by atoms with van der Waals surface area (Å²) in [6, 6.07) is 16.8. The Labute approximate surface area is 129 Å². The molecule has 0 aliphatic heterocycles. The van der Waals surface area contributed by atoms with Crippen LogP contribution in [0.1, 0.15) is 10.4 Å². The van der Waals surface area contributed by atoms with E-state index in [9.17, 15) is 9.18 Å². The molecule has 0 spiro atoms. The van der Waals surface area contributed by atoms with Gasteiger partial charge in [0.05, 0.1) is 5.56 Å². The minimum absolute atomic E-state index is 0.0792. The summed E-state index contributed by atoms with van der Waals surface area (Å²) in [6.07, 6.45) is 0. The average molecular weight is 345 g/mol. The Morgan fingerprint density at radius 1 is 0.905 bits per heavy atom. The molecule has 0 aromatic heterocycles. The average Bonchev–Trinajstić information content (AvgIpc) is 2.51. The predicted molar refractivity (Wildman–Crippen MR) is 83.0 cm³/mol. The van der Waals surface area contributed by atoms with Gasteiger partial charge in [-0.2, -0.15) is 0 Å². The van der Waals surface area contributed by atoms with Gasteiger partial charge in [0.25, 0.3) is 0 Å². The largest absolute Gasteiger partial charge is 0.422 e. The number of rotatable bonds is 2. The van der Waals surface area contributed by atoms with Crippen LogP contribution in [0, 0.1) is 5.82 Å². The molecule has 0 N–H and O–H groups in total. The molecule has 0 unspecified atom stereocenters. The maximum atomic E-state index is 13.6. The first kappa shape index (κ1) is 13.8. The second-order valence-corrected chi connectivity index (χ2v) is 5.31. The van der Waals surface area contributed by atoms with Crippen molar-refractivity contribution in [3.63, 3.8) is 0 Å². The summed E-state index contributed by atoms with van der Waals surface area (Å²) in [4.78, 5) is 12.1. The summed E-state index contributed by atoms with van der Waals surface area (Å²) in [5.41, 5.74) is -0.0792. The van der Waals surface area contributed by atoms with Gasteiger partial charge in [0.1, 0.15) is 11.6 Å². The quantitative estimate of drug-likeness (QED) is 0.485. The molecule has 0 aliphatic carbocycles. The minimum Gasteiger partial charge on any atom is -0.422 e. The van der Waals surface area contributed by atoms with Crippen molar-refractivity contribution < 1.29 is 13.9 Å². The fourth-order valence-corrected chi connectivity index (χ4v) is 2.58. The molecular formula is C17H10BrFO2. The van der Waals surface area contributed by atoms with E-state index in [1.54, 1.807) is 18.2 Å². The molecule has 0 heterocycles. The molecule has 21 heavy (non-hydrogen) atoms. The van der Waals surface area contributed by atoms with E-state index in [1.165, 1.54) is 18.2 Å². The van der Waals surface area contributed by atoms with E-state index in [1.807, 2.05) is 24.3 Å². The molecule has 0 fully saturated rings. The fourth-order valence-electron chi connectivity index (χ4n) is 2.11. The number of ether oxygens (including phenoxy) is 1. The fraction of sp³-hybridized carbons (Fsp3) is 0. The Morgan fingerprint density at radius 2 is 1.57 bits per heavy atom. The number of hydrogen-bond acceptors (Lipinski definition) is 2. The number of hydrogen-bond donors (Lipinski definition) is 0. The van der Waals surface area contributed by atoms with Gasteiger partial charge in [-0.15, -0.1) is 0 Å². The van der Waals surface area contributed by atoms with Crippen LogP contribution in [0.25, 0.3) is 10.8 Å². The SMILES string of the molecule is O=C(Oc1ccc(Br)c2ccccc12)c1ccccc1F. The third kappa shape index (κ3) is 2.67. The Bertz CT molecular complexity index is 830. The number of esters is 1. The molecule has 0 atom stereocenters. The van der Waals surface area contributed by atoms with Crippen LogP contribution in [0.2, 0.25) is 0 Å². The van der Waals surface area contributed by atoms with E-state index in [2.05, 4.69) is 15.9 Å².